The van der Waals surface area contributed by atoms with E-state index in [1.54, 1.807) is 24.3 Å². The van der Waals surface area contributed by atoms with Crippen LogP contribution in [0.3, 0.4) is 0 Å². The van der Waals surface area contributed by atoms with E-state index in [1.165, 1.54) is 4.90 Å². The number of aliphatic hydroxyl groups is 1. The van der Waals surface area contributed by atoms with Crippen LogP contribution in [-0.2, 0) is 14.4 Å². The summed E-state index contributed by atoms with van der Waals surface area (Å²) in [4.78, 5) is 38.3. The second kappa shape index (κ2) is 10.8. The van der Waals surface area contributed by atoms with Crippen LogP contribution in [0, 0.1) is 0 Å². The molecule has 6 nitrogen and oxygen atoms in total. The van der Waals surface area contributed by atoms with Crippen molar-refractivity contribution in [2.24, 2.45) is 0 Å². The Morgan fingerprint density at radius 3 is 2.18 bits per heavy atom. The lowest BCUT2D eigenvalue weighted by Crippen LogP contribution is -2.30. The lowest BCUT2D eigenvalue weighted by atomic mass is 9.93. The number of ketones is 1. The van der Waals surface area contributed by atoms with E-state index in [2.05, 4.69) is 29.8 Å². The van der Waals surface area contributed by atoms with E-state index < -0.39 is 23.7 Å². The summed E-state index contributed by atoms with van der Waals surface area (Å²) in [7, 11) is 0. The Bertz CT molecular complexity index is 1060. The van der Waals surface area contributed by atoms with Crippen molar-refractivity contribution < 1.29 is 24.6 Å². The zero-order chi connectivity index (χ0) is 24.1. The van der Waals surface area contributed by atoms with E-state index in [9.17, 15) is 19.5 Å². The molecule has 33 heavy (non-hydrogen) atoms. The fourth-order valence-electron chi connectivity index (χ4n) is 4.02. The third-order valence-corrected chi connectivity index (χ3v) is 6.39. The fraction of sp³-hybridized carbons (Fsp3) is 0.346. The molecule has 1 aliphatic rings. The average Bonchev–Trinajstić information content (AvgIpc) is 3.03. The number of hydrogen-bond acceptors (Lipinski definition) is 4. The molecule has 0 spiro atoms. The number of benzene rings is 2. The van der Waals surface area contributed by atoms with Crippen LogP contribution in [-0.4, -0.2) is 39.3 Å². The van der Waals surface area contributed by atoms with E-state index in [0.717, 1.165) is 15.6 Å². The number of rotatable bonds is 9. The van der Waals surface area contributed by atoms with Crippen LogP contribution < -0.4 is 0 Å². The van der Waals surface area contributed by atoms with Crippen molar-refractivity contribution in [3.63, 3.8) is 0 Å². The lowest BCUT2D eigenvalue weighted by molar-refractivity contribution is -0.140. The maximum absolute atomic E-state index is 13.0. The van der Waals surface area contributed by atoms with Gasteiger partial charge in [0, 0.05) is 23.0 Å². The summed E-state index contributed by atoms with van der Waals surface area (Å²) < 4.78 is 0.835. The standard InChI is InChI=1S/C26H28BrNO5/c1-16(2)17-7-9-18(10-8-17)23-22(24(31)19-11-13-20(27)14-12-19)25(32)26(33)28(23)15-5-3-4-6-21(29)30/h7-14,16,23,31H,3-6,15H2,1-2H3,(H,29,30). The molecule has 2 aromatic carbocycles. The van der Waals surface area contributed by atoms with Gasteiger partial charge < -0.3 is 15.1 Å². The first-order chi connectivity index (χ1) is 15.7. The van der Waals surface area contributed by atoms with Crippen LogP contribution in [0.4, 0.5) is 0 Å². The molecule has 1 saturated heterocycles. The molecule has 0 saturated carbocycles. The highest BCUT2D eigenvalue weighted by Crippen LogP contribution is 2.40. The zero-order valence-electron chi connectivity index (χ0n) is 18.8. The highest BCUT2D eigenvalue weighted by molar-refractivity contribution is 9.10. The van der Waals surface area contributed by atoms with Crippen molar-refractivity contribution in [2.75, 3.05) is 6.54 Å². The van der Waals surface area contributed by atoms with Crippen LogP contribution in [0.2, 0.25) is 0 Å². The van der Waals surface area contributed by atoms with Gasteiger partial charge in [-0.25, -0.2) is 0 Å². The van der Waals surface area contributed by atoms with Gasteiger partial charge in [-0.3, -0.25) is 14.4 Å². The number of aliphatic hydroxyl groups excluding tert-OH is 1. The number of nitrogens with zero attached hydrogens (tertiary/aromatic N) is 1. The van der Waals surface area contributed by atoms with E-state index >= 15 is 0 Å². The van der Waals surface area contributed by atoms with Crippen LogP contribution >= 0.6 is 15.9 Å². The molecule has 1 heterocycles. The van der Waals surface area contributed by atoms with Gasteiger partial charge in [-0.2, -0.15) is 0 Å². The molecule has 0 radical (unpaired) electrons. The maximum atomic E-state index is 13.0. The Kier molecular flexibility index (Phi) is 8.08. The molecule has 2 N–H and O–H groups in total. The second-order valence-electron chi connectivity index (χ2n) is 8.53. The summed E-state index contributed by atoms with van der Waals surface area (Å²) >= 11 is 3.36. The molecule has 1 unspecified atom stereocenters. The molecule has 1 amide bonds. The first kappa shape index (κ1) is 24.7. The van der Waals surface area contributed by atoms with Crippen molar-refractivity contribution >= 4 is 39.3 Å². The normalized spacial score (nSPS) is 17.7. The number of hydrogen-bond donors (Lipinski definition) is 2. The van der Waals surface area contributed by atoms with Crippen LogP contribution in [0.25, 0.3) is 5.76 Å². The average molecular weight is 514 g/mol. The highest BCUT2D eigenvalue weighted by Gasteiger charge is 2.45. The first-order valence-electron chi connectivity index (χ1n) is 11.1. The van der Waals surface area contributed by atoms with Gasteiger partial charge in [0.1, 0.15) is 5.76 Å². The summed E-state index contributed by atoms with van der Waals surface area (Å²) in [6, 6.07) is 14.0. The Morgan fingerprint density at radius 1 is 0.970 bits per heavy atom. The summed E-state index contributed by atoms with van der Waals surface area (Å²) in [6.45, 7) is 4.48. The molecule has 0 aliphatic carbocycles. The summed E-state index contributed by atoms with van der Waals surface area (Å²) in [5, 5.41) is 19.9. The molecule has 0 bridgehead atoms. The first-order valence-corrected chi connectivity index (χ1v) is 11.9. The number of carboxylic acids is 1. The van der Waals surface area contributed by atoms with E-state index in [4.69, 9.17) is 5.11 Å². The van der Waals surface area contributed by atoms with E-state index in [0.29, 0.717) is 37.3 Å². The topological polar surface area (TPSA) is 94.9 Å². The van der Waals surface area contributed by atoms with Gasteiger partial charge in [-0.15, -0.1) is 0 Å². The van der Waals surface area contributed by atoms with Crippen molar-refractivity contribution in [3.8, 4) is 0 Å². The fourth-order valence-corrected chi connectivity index (χ4v) is 4.28. The molecule has 2 aromatic rings. The van der Waals surface area contributed by atoms with Crippen LogP contribution in [0.1, 0.15) is 68.2 Å². The highest BCUT2D eigenvalue weighted by atomic mass is 79.9. The summed E-state index contributed by atoms with van der Waals surface area (Å²) in [5.41, 5.74) is 2.42. The lowest BCUT2D eigenvalue weighted by Gasteiger charge is -2.25. The molecule has 174 valence electrons. The largest absolute Gasteiger partial charge is 0.507 e. The number of Topliss-reactive ketones (excluding diaryl/α,β-unsaturated/α-hetero) is 1. The minimum atomic E-state index is -0.852. The number of unbranched alkanes of at least 4 members (excludes halogenated alkanes) is 2. The number of likely N-dealkylation sites (tertiary alicyclic amines) is 1. The third kappa shape index (κ3) is 5.71. The van der Waals surface area contributed by atoms with Gasteiger partial charge in [0.05, 0.1) is 11.6 Å². The van der Waals surface area contributed by atoms with Crippen molar-refractivity contribution in [2.45, 2.75) is 51.5 Å². The van der Waals surface area contributed by atoms with Crippen molar-refractivity contribution in [1.29, 1.82) is 0 Å². The van der Waals surface area contributed by atoms with E-state index in [-0.39, 0.29) is 17.8 Å². The van der Waals surface area contributed by atoms with Gasteiger partial charge >= 0.3 is 5.97 Å². The molecule has 7 heteroatoms. The number of halogens is 1. The number of carbonyl (C=O) groups is 3. The Labute approximate surface area is 202 Å². The van der Waals surface area contributed by atoms with Gasteiger partial charge in [-0.05, 0) is 42.0 Å². The smallest absolute Gasteiger partial charge is 0.303 e. The molecule has 0 aromatic heterocycles. The van der Waals surface area contributed by atoms with Crippen molar-refractivity contribution in [1.82, 2.24) is 4.90 Å². The Hall–Kier alpha value is -2.93. The maximum Gasteiger partial charge on any atom is 0.303 e. The van der Waals surface area contributed by atoms with Crippen molar-refractivity contribution in [3.05, 3.63) is 75.3 Å². The molecular formula is C26H28BrNO5. The van der Waals surface area contributed by atoms with Gasteiger partial charge in [-0.1, -0.05) is 72.6 Å². The molecule has 1 atom stereocenters. The zero-order valence-corrected chi connectivity index (χ0v) is 20.3. The Balaban J connectivity index is 1.98. The predicted molar refractivity (Wildman–Crippen MR) is 130 cm³/mol. The SMILES string of the molecule is CC(C)c1ccc(C2C(=C(O)c3ccc(Br)cc3)C(=O)C(=O)N2CCCCCC(=O)O)cc1. The van der Waals surface area contributed by atoms with Gasteiger partial charge in [0.25, 0.3) is 11.7 Å². The number of amides is 1. The molecule has 3 rings (SSSR count). The van der Waals surface area contributed by atoms with Crippen LogP contribution in [0.15, 0.2) is 58.6 Å². The Morgan fingerprint density at radius 2 is 1.61 bits per heavy atom. The monoisotopic (exact) mass is 513 g/mol. The summed E-state index contributed by atoms with van der Waals surface area (Å²) in [6.07, 6.45) is 1.77. The summed E-state index contributed by atoms with van der Waals surface area (Å²) in [5.74, 6) is -2.08. The van der Waals surface area contributed by atoms with Gasteiger partial charge in [0.15, 0.2) is 0 Å². The molecular weight excluding hydrogens is 486 g/mol. The third-order valence-electron chi connectivity index (χ3n) is 5.87. The second-order valence-corrected chi connectivity index (χ2v) is 9.44. The van der Waals surface area contributed by atoms with E-state index in [1.807, 2.05) is 24.3 Å². The number of carboxylic acid groups (broad SMARTS) is 1. The minimum Gasteiger partial charge on any atom is -0.507 e. The predicted octanol–water partition coefficient (Wildman–Crippen LogP) is 5.64. The van der Waals surface area contributed by atoms with Crippen LogP contribution in [0.5, 0.6) is 0 Å². The van der Waals surface area contributed by atoms with Gasteiger partial charge in [0.2, 0.25) is 0 Å². The number of aliphatic carboxylic acids is 1. The quantitative estimate of drug-likeness (QED) is 0.196. The number of carbonyl (C=O) groups excluding carboxylic acids is 2. The minimum absolute atomic E-state index is 0.0719. The molecule has 1 fully saturated rings. The molecule has 1 aliphatic heterocycles.